The SMILES string of the molecule is NC(=O)CN1CCC(NC(=O)c2ccc(SC(F)F)cc2)CC1. The van der Waals surface area contributed by atoms with Crippen LogP contribution in [0.15, 0.2) is 29.2 Å². The highest BCUT2D eigenvalue weighted by Gasteiger charge is 2.21. The number of primary amides is 1. The summed E-state index contributed by atoms with van der Waals surface area (Å²) in [7, 11) is 0. The molecule has 1 aliphatic rings. The Labute approximate surface area is 137 Å². The van der Waals surface area contributed by atoms with Gasteiger partial charge in [-0.15, -0.1) is 0 Å². The Hall–Kier alpha value is -1.67. The Kier molecular flexibility index (Phi) is 6.35. The fraction of sp³-hybridized carbons (Fsp3) is 0.467. The molecule has 23 heavy (non-hydrogen) atoms. The van der Waals surface area contributed by atoms with E-state index in [0.717, 1.165) is 12.8 Å². The van der Waals surface area contributed by atoms with Gasteiger partial charge in [-0.2, -0.15) is 8.78 Å². The summed E-state index contributed by atoms with van der Waals surface area (Å²) in [5, 5.41) is 2.93. The maximum Gasteiger partial charge on any atom is 0.288 e. The number of rotatable bonds is 6. The second-order valence-corrected chi connectivity index (χ2v) is 6.46. The van der Waals surface area contributed by atoms with Crippen LogP contribution >= 0.6 is 11.8 Å². The van der Waals surface area contributed by atoms with Gasteiger partial charge in [0.1, 0.15) is 0 Å². The first kappa shape index (κ1) is 17.7. The fourth-order valence-corrected chi connectivity index (χ4v) is 3.01. The summed E-state index contributed by atoms with van der Waals surface area (Å²) in [6, 6.07) is 6.16. The zero-order valence-electron chi connectivity index (χ0n) is 12.5. The lowest BCUT2D eigenvalue weighted by atomic mass is 10.0. The van der Waals surface area contributed by atoms with Crippen LogP contribution in [0.4, 0.5) is 8.78 Å². The number of piperidine rings is 1. The van der Waals surface area contributed by atoms with Crippen LogP contribution in [-0.2, 0) is 4.79 Å². The second kappa shape index (κ2) is 8.26. The molecule has 2 rings (SSSR count). The fourth-order valence-electron chi connectivity index (χ4n) is 2.51. The zero-order valence-corrected chi connectivity index (χ0v) is 13.3. The van der Waals surface area contributed by atoms with Crippen LogP contribution in [-0.4, -0.2) is 48.1 Å². The van der Waals surface area contributed by atoms with Gasteiger partial charge in [0.05, 0.1) is 6.54 Å². The van der Waals surface area contributed by atoms with Gasteiger partial charge in [-0.25, -0.2) is 0 Å². The monoisotopic (exact) mass is 343 g/mol. The largest absolute Gasteiger partial charge is 0.369 e. The highest BCUT2D eigenvalue weighted by atomic mass is 32.2. The van der Waals surface area contributed by atoms with Gasteiger partial charge in [0.15, 0.2) is 0 Å². The summed E-state index contributed by atoms with van der Waals surface area (Å²) in [6.07, 6.45) is 1.50. The van der Waals surface area contributed by atoms with E-state index in [2.05, 4.69) is 5.32 Å². The number of thioether (sulfide) groups is 1. The molecule has 1 fully saturated rings. The quantitative estimate of drug-likeness (QED) is 0.771. The number of hydrogen-bond acceptors (Lipinski definition) is 4. The van der Waals surface area contributed by atoms with Crippen LogP contribution in [0.3, 0.4) is 0 Å². The molecule has 1 heterocycles. The van der Waals surface area contributed by atoms with Gasteiger partial charge in [-0.1, -0.05) is 11.8 Å². The van der Waals surface area contributed by atoms with Crippen LogP contribution in [0.25, 0.3) is 0 Å². The molecule has 0 atom stereocenters. The van der Waals surface area contributed by atoms with Crippen LogP contribution in [0, 0.1) is 0 Å². The standard InChI is InChI=1S/C15H19F2N3O2S/c16-15(17)23-12-3-1-10(2-4-12)14(22)19-11-5-7-20(8-6-11)9-13(18)21/h1-4,11,15H,5-9H2,(H2,18,21)(H,19,22). The van der Waals surface area contributed by atoms with E-state index in [1.165, 1.54) is 12.1 Å². The van der Waals surface area contributed by atoms with Crippen molar-refractivity contribution < 1.29 is 18.4 Å². The van der Waals surface area contributed by atoms with Crippen molar-refractivity contribution in [3.63, 3.8) is 0 Å². The Morgan fingerprint density at radius 1 is 1.26 bits per heavy atom. The summed E-state index contributed by atoms with van der Waals surface area (Å²) < 4.78 is 24.5. The second-order valence-electron chi connectivity index (χ2n) is 5.39. The molecular weight excluding hydrogens is 324 g/mol. The van der Waals surface area contributed by atoms with Gasteiger partial charge >= 0.3 is 0 Å². The van der Waals surface area contributed by atoms with E-state index in [9.17, 15) is 18.4 Å². The number of hydrogen-bond donors (Lipinski definition) is 2. The van der Waals surface area contributed by atoms with Crippen molar-refractivity contribution in [3.8, 4) is 0 Å². The van der Waals surface area contributed by atoms with Gasteiger partial charge in [0.2, 0.25) is 5.91 Å². The Balaban J connectivity index is 1.82. The van der Waals surface area contributed by atoms with E-state index in [-0.39, 0.29) is 24.4 Å². The number of nitrogens with zero attached hydrogens (tertiary/aromatic N) is 1. The molecule has 0 bridgehead atoms. The molecule has 1 aromatic carbocycles. The lowest BCUT2D eigenvalue weighted by Crippen LogP contribution is -2.46. The molecule has 126 valence electrons. The van der Waals surface area contributed by atoms with E-state index < -0.39 is 5.76 Å². The molecule has 1 aromatic rings. The normalized spacial score (nSPS) is 16.5. The van der Waals surface area contributed by atoms with Crippen LogP contribution in [0.5, 0.6) is 0 Å². The topological polar surface area (TPSA) is 75.4 Å². The Morgan fingerprint density at radius 3 is 2.39 bits per heavy atom. The van der Waals surface area contributed by atoms with Gasteiger partial charge in [0, 0.05) is 29.6 Å². The molecule has 1 aliphatic heterocycles. The molecule has 0 spiro atoms. The number of nitrogens with two attached hydrogens (primary N) is 1. The summed E-state index contributed by atoms with van der Waals surface area (Å²) >= 11 is 0.451. The van der Waals surface area contributed by atoms with Crippen molar-refractivity contribution in [1.82, 2.24) is 10.2 Å². The molecule has 8 heteroatoms. The molecule has 0 aliphatic carbocycles. The van der Waals surface area contributed by atoms with Crippen molar-refractivity contribution in [2.45, 2.75) is 29.5 Å². The number of likely N-dealkylation sites (tertiary alicyclic amines) is 1. The van der Waals surface area contributed by atoms with E-state index in [0.29, 0.717) is 35.3 Å². The van der Waals surface area contributed by atoms with Crippen molar-refractivity contribution in [2.75, 3.05) is 19.6 Å². The highest BCUT2D eigenvalue weighted by molar-refractivity contribution is 7.99. The van der Waals surface area contributed by atoms with Crippen molar-refractivity contribution in [3.05, 3.63) is 29.8 Å². The summed E-state index contributed by atoms with van der Waals surface area (Å²) in [4.78, 5) is 25.4. The smallest absolute Gasteiger partial charge is 0.288 e. The molecule has 3 N–H and O–H groups in total. The third-order valence-corrected chi connectivity index (χ3v) is 4.37. The first-order valence-electron chi connectivity index (χ1n) is 7.30. The third kappa shape index (κ3) is 5.80. The van der Waals surface area contributed by atoms with E-state index >= 15 is 0 Å². The Bertz CT molecular complexity index is 546. The molecule has 0 aromatic heterocycles. The molecule has 0 saturated carbocycles. The molecule has 0 unspecified atom stereocenters. The maximum absolute atomic E-state index is 12.3. The van der Waals surface area contributed by atoms with E-state index in [1.807, 2.05) is 4.90 Å². The van der Waals surface area contributed by atoms with Gasteiger partial charge in [-0.3, -0.25) is 14.5 Å². The van der Waals surface area contributed by atoms with Crippen LogP contribution in [0.1, 0.15) is 23.2 Å². The number of benzene rings is 1. The summed E-state index contributed by atoms with van der Waals surface area (Å²) in [5.41, 5.74) is 5.61. The first-order chi connectivity index (χ1) is 10.9. The van der Waals surface area contributed by atoms with E-state index in [4.69, 9.17) is 5.73 Å². The molecular formula is C15H19F2N3O2S. The maximum atomic E-state index is 12.3. The predicted octanol–water partition coefficient (Wildman–Crippen LogP) is 1.68. The molecule has 5 nitrogen and oxygen atoms in total. The number of amides is 2. The average molecular weight is 343 g/mol. The van der Waals surface area contributed by atoms with E-state index in [1.54, 1.807) is 12.1 Å². The lowest BCUT2D eigenvalue weighted by molar-refractivity contribution is -0.119. The Morgan fingerprint density at radius 2 is 1.87 bits per heavy atom. The van der Waals surface area contributed by atoms with Gasteiger partial charge < -0.3 is 11.1 Å². The number of carbonyl (C=O) groups excluding carboxylic acids is 2. The van der Waals surface area contributed by atoms with Crippen LogP contribution in [0.2, 0.25) is 0 Å². The minimum absolute atomic E-state index is 0.0433. The molecule has 0 radical (unpaired) electrons. The highest BCUT2D eigenvalue weighted by Crippen LogP contribution is 2.25. The van der Waals surface area contributed by atoms with Crippen LogP contribution < -0.4 is 11.1 Å². The lowest BCUT2D eigenvalue weighted by Gasteiger charge is -2.31. The molecule has 2 amide bonds. The first-order valence-corrected chi connectivity index (χ1v) is 8.18. The number of halogens is 2. The number of nitrogens with one attached hydrogen (secondary N) is 1. The number of carbonyl (C=O) groups is 2. The zero-order chi connectivity index (χ0) is 16.8. The minimum atomic E-state index is -2.47. The summed E-state index contributed by atoms with van der Waals surface area (Å²) in [6.45, 7) is 1.65. The van der Waals surface area contributed by atoms with Crippen molar-refractivity contribution >= 4 is 23.6 Å². The van der Waals surface area contributed by atoms with Gasteiger partial charge in [0.25, 0.3) is 11.7 Å². The number of alkyl halides is 2. The average Bonchev–Trinajstić information content (AvgIpc) is 2.49. The third-order valence-electron chi connectivity index (χ3n) is 3.64. The van der Waals surface area contributed by atoms with Crippen molar-refractivity contribution in [2.24, 2.45) is 5.73 Å². The molecule has 1 saturated heterocycles. The summed E-state index contributed by atoms with van der Waals surface area (Å²) in [5.74, 6) is -3.04. The van der Waals surface area contributed by atoms with Gasteiger partial charge in [-0.05, 0) is 37.1 Å². The van der Waals surface area contributed by atoms with Crippen molar-refractivity contribution in [1.29, 1.82) is 0 Å². The predicted molar refractivity (Wildman–Crippen MR) is 84.4 cm³/mol. The minimum Gasteiger partial charge on any atom is -0.369 e.